The molecule has 1 heteroatoms. The summed E-state index contributed by atoms with van der Waals surface area (Å²) in [6.45, 7) is 8.92. The number of hydrogen-bond donors (Lipinski definition) is 0. The average Bonchev–Trinajstić information content (AvgIpc) is 2.51. The highest BCUT2D eigenvalue weighted by atomic mass is 35.5. The summed E-state index contributed by atoms with van der Waals surface area (Å²) in [5.74, 6) is 1.78. The second-order valence-electron chi connectivity index (χ2n) is 7.67. The van der Waals surface area contributed by atoms with E-state index in [4.69, 9.17) is 11.6 Å². The van der Waals surface area contributed by atoms with Crippen molar-refractivity contribution in [1.82, 2.24) is 0 Å². The fraction of sp³-hybridized carbons (Fsp3) is 0.545. The highest BCUT2D eigenvalue weighted by molar-refractivity contribution is 6.36. The molecule has 0 spiro atoms. The summed E-state index contributed by atoms with van der Waals surface area (Å²) in [6, 6.07) is 6.85. The first kappa shape index (κ1) is 16.8. The van der Waals surface area contributed by atoms with Gasteiger partial charge >= 0.3 is 0 Å². The lowest BCUT2D eigenvalue weighted by molar-refractivity contribution is 0.268. The molecule has 0 atom stereocenters. The lowest BCUT2D eigenvalue weighted by Crippen LogP contribution is -2.16. The fourth-order valence-corrected chi connectivity index (χ4v) is 4.93. The molecule has 0 saturated heterocycles. The Kier molecular flexibility index (Phi) is 5.01. The number of fused-ring (bicyclic) bond motifs is 1. The Morgan fingerprint density at radius 1 is 0.913 bits per heavy atom. The third-order valence-electron chi connectivity index (χ3n) is 5.88. The Morgan fingerprint density at radius 3 is 2.22 bits per heavy atom. The molecule has 0 heterocycles. The fourth-order valence-electron chi connectivity index (χ4n) is 4.44. The van der Waals surface area contributed by atoms with Gasteiger partial charge in [-0.2, -0.15) is 0 Å². The molecule has 0 aliphatic heterocycles. The molecule has 124 valence electrons. The molecular formula is C22H29Cl. The van der Waals surface area contributed by atoms with E-state index in [1.165, 1.54) is 65.1 Å². The average molecular weight is 329 g/mol. The molecule has 3 rings (SSSR count). The van der Waals surface area contributed by atoms with Crippen LogP contribution in [0.2, 0.25) is 5.02 Å². The van der Waals surface area contributed by atoms with E-state index in [9.17, 15) is 0 Å². The molecule has 0 bridgehead atoms. The smallest absolute Gasteiger partial charge is 0.0521 e. The van der Waals surface area contributed by atoms with Crippen LogP contribution in [-0.4, -0.2) is 0 Å². The van der Waals surface area contributed by atoms with E-state index in [2.05, 4.69) is 45.9 Å². The van der Waals surface area contributed by atoms with Gasteiger partial charge in [0.2, 0.25) is 0 Å². The summed E-state index contributed by atoms with van der Waals surface area (Å²) >= 11 is 6.88. The summed E-state index contributed by atoms with van der Waals surface area (Å²) in [7, 11) is 0. The van der Waals surface area contributed by atoms with Crippen LogP contribution in [0.1, 0.15) is 61.3 Å². The van der Waals surface area contributed by atoms with E-state index in [1.54, 1.807) is 0 Å². The summed E-state index contributed by atoms with van der Waals surface area (Å²) in [4.78, 5) is 0. The third-order valence-corrected chi connectivity index (χ3v) is 6.30. The predicted octanol–water partition coefficient (Wildman–Crippen LogP) is 7.18. The second-order valence-corrected chi connectivity index (χ2v) is 8.04. The van der Waals surface area contributed by atoms with Crippen molar-refractivity contribution in [3.8, 4) is 0 Å². The first-order chi connectivity index (χ1) is 11.0. The Balaban J connectivity index is 1.92. The number of aryl methyl sites for hydroxylation is 3. The minimum Gasteiger partial charge on any atom is -0.0833 e. The molecule has 23 heavy (non-hydrogen) atoms. The molecule has 2 aromatic carbocycles. The van der Waals surface area contributed by atoms with E-state index in [1.807, 2.05) is 0 Å². The van der Waals surface area contributed by atoms with Gasteiger partial charge in [-0.3, -0.25) is 0 Å². The highest BCUT2D eigenvalue weighted by Gasteiger charge is 2.22. The van der Waals surface area contributed by atoms with Crippen LogP contribution < -0.4 is 0 Å². The molecule has 2 aromatic rings. The minimum absolute atomic E-state index is 0.817. The zero-order chi connectivity index (χ0) is 16.6. The van der Waals surface area contributed by atoms with Crippen molar-refractivity contribution in [3.05, 3.63) is 45.5 Å². The molecule has 0 nitrogen and oxygen atoms in total. The summed E-state index contributed by atoms with van der Waals surface area (Å²) < 4.78 is 0. The van der Waals surface area contributed by atoms with Gasteiger partial charge in [-0.15, -0.1) is 0 Å². The van der Waals surface area contributed by atoms with Crippen LogP contribution in [0.5, 0.6) is 0 Å². The number of hydrogen-bond acceptors (Lipinski definition) is 0. The van der Waals surface area contributed by atoms with Gasteiger partial charge in [-0.1, -0.05) is 61.5 Å². The van der Waals surface area contributed by atoms with Crippen molar-refractivity contribution in [3.63, 3.8) is 0 Å². The monoisotopic (exact) mass is 328 g/mol. The van der Waals surface area contributed by atoms with Crippen LogP contribution in [0.4, 0.5) is 0 Å². The predicted molar refractivity (Wildman–Crippen MR) is 103 cm³/mol. The van der Waals surface area contributed by atoms with Crippen LogP contribution in [0.3, 0.4) is 0 Å². The highest BCUT2D eigenvalue weighted by Crippen LogP contribution is 2.38. The largest absolute Gasteiger partial charge is 0.0833 e. The maximum atomic E-state index is 6.88. The summed E-state index contributed by atoms with van der Waals surface area (Å²) in [6.07, 6.45) is 8.07. The van der Waals surface area contributed by atoms with Crippen LogP contribution in [0.25, 0.3) is 10.8 Å². The number of halogens is 1. The molecule has 0 unspecified atom stereocenters. The van der Waals surface area contributed by atoms with Crippen molar-refractivity contribution in [1.29, 1.82) is 0 Å². The van der Waals surface area contributed by atoms with E-state index >= 15 is 0 Å². The lowest BCUT2D eigenvalue weighted by Gasteiger charge is -2.28. The molecule has 1 fully saturated rings. The quantitative estimate of drug-likeness (QED) is 0.559. The Bertz CT molecular complexity index is 706. The van der Waals surface area contributed by atoms with E-state index in [0.29, 0.717) is 0 Å². The van der Waals surface area contributed by atoms with Crippen molar-refractivity contribution < 1.29 is 0 Å². The van der Waals surface area contributed by atoms with Crippen LogP contribution in [-0.2, 0) is 6.42 Å². The van der Waals surface area contributed by atoms with E-state index in [0.717, 1.165) is 23.3 Å². The molecular weight excluding hydrogens is 300 g/mol. The van der Waals surface area contributed by atoms with Gasteiger partial charge in [0.25, 0.3) is 0 Å². The van der Waals surface area contributed by atoms with Gasteiger partial charge in [0.05, 0.1) is 5.02 Å². The SMILES string of the molecule is CCC1CCC(Cc2c(C)cc3cc(C)cc(C)c3c2Cl)CC1. The zero-order valence-electron chi connectivity index (χ0n) is 15.0. The maximum Gasteiger partial charge on any atom is 0.0521 e. The van der Waals surface area contributed by atoms with E-state index < -0.39 is 0 Å². The Morgan fingerprint density at radius 2 is 1.57 bits per heavy atom. The van der Waals surface area contributed by atoms with Gasteiger partial charge in [-0.05, 0) is 73.9 Å². The van der Waals surface area contributed by atoms with Crippen LogP contribution >= 0.6 is 11.6 Å². The van der Waals surface area contributed by atoms with Crippen molar-refractivity contribution in [2.75, 3.05) is 0 Å². The minimum atomic E-state index is 0.817. The van der Waals surface area contributed by atoms with Gasteiger partial charge in [0.15, 0.2) is 0 Å². The standard InChI is InChI=1S/C22H29Cl/c1-5-17-6-8-18(9-7-17)13-20-15(3)12-19-11-14(2)10-16(4)21(19)22(20)23/h10-12,17-18H,5-9,13H2,1-4H3. The topological polar surface area (TPSA) is 0 Å². The Hall–Kier alpha value is -1.01. The van der Waals surface area contributed by atoms with Crippen LogP contribution in [0, 0.1) is 32.6 Å². The first-order valence-electron chi connectivity index (χ1n) is 9.18. The van der Waals surface area contributed by atoms with Crippen molar-refractivity contribution in [2.24, 2.45) is 11.8 Å². The Labute approximate surface area is 146 Å². The van der Waals surface area contributed by atoms with Gasteiger partial charge < -0.3 is 0 Å². The van der Waals surface area contributed by atoms with Gasteiger partial charge in [-0.25, -0.2) is 0 Å². The second kappa shape index (κ2) is 6.85. The van der Waals surface area contributed by atoms with Gasteiger partial charge in [0, 0.05) is 5.39 Å². The molecule has 1 aliphatic carbocycles. The normalized spacial score (nSPS) is 21.8. The number of benzene rings is 2. The maximum absolute atomic E-state index is 6.88. The molecule has 0 amide bonds. The van der Waals surface area contributed by atoms with Crippen molar-refractivity contribution >= 4 is 22.4 Å². The first-order valence-corrected chi connectivity index (χ1v) is 9.56. The van der Waals surface area contributed by atoms with Crippen molar-refractivity contribution in [2.45, 2.75) is 66.2 Å². The molecule has 0 aromatic heterocycles. The molecule has 1 aliphatic rings. The summed E-state index contributed by atoms with van der Waals surface area (Å²) in [5, 5.41) is 3.57. The molecule has 0 radical (unpaired) electrons. The zero-order valence-corrected chi connectivity index (χ0v) is 15.8. The summed E-state index contributed by atoms with van der Waals surface area (Å²) in [5.41, 5.74) is 5.38. The number of rotatable bonds is 3. The molecule has 1 saturated carbocycles. The van der Waals surface area contributed by atoms with Gasteiger partial charge in [0.1, 0.15) is 0 Å². The molecule has 0 N–H and O–H groups in total. The lowest BCUT2D eigenvalue weighted by atomic mass is 9.77. The van der Waals surface area contributed by atoms with Crippen LogP contribution in [0.15, 0.2) is 18.2 Å². The van der Waals surface area contributed by atoms with E-state index in [-0.39, 0.29) is 0 Å². The third kappa shape index (κ3) is 3.43.